The smallest absolute Gasteiger partial charge is 1.00 e. The van der Waals surface area contributed by atoms with Crippen LogP contribution >= 0.6 is 0 Å². The molecule has 0 unspecified atom stereocenters. The molecule has 0 aliphatic carbocycles. The first-order valence-corrected chi connectivity index (χ1v) is 2.99. The maximum Gasteiger partial charge on any atom is 1.00 e. The van der Waals surface area contributed by atoms with Gasteiger partial charge in [-0.2, -0.15) is 0 Å². The largest absolute Gasteiger partial charge is 1.00 e. The first-order valence-electron chi connectivity index (χ1n) is 2.99. The van der Waals surface area contributed by atoms with Crippen LogP contribution in [-0.4, -0.2) is 5.11 Å². The number of hydrogen-bond acceptors (Lipinski definition) is 1. The van der Waals surface area contributed by atoms with Gasteiger partial charge in [-0.3, -0.25) is 0 Å². The number of benzene rings is 1. The summed E-state index contributed by atoms with van der Waals surface area (Å²) in [5, 5.41) is 8.63. The van der Waals surface area contributed by atoms with Crippen LogP contribution in [0.1, 0.15) is 12.6 Å². The summed E-state index contributed by atoms with van der Waals surface area (Å²) in [5.74, 6) is 0. The fourth-order valence-corrected chi connectivity index (χ4v) is 0.693. The normalized spacial score (nSPS) is 8.60. The summed E-state index contributed by atoms with van der Waals surface area (Å²) in [4.78, 5) is 0. The van der Waals surface area contributed by atoms with Crippen molar-refractivity contribution in [1.82, 2.24) is 0 Å². The van der Waals surface area contributed by atoms with Crippen molar-refractivity contribution in [2.75, 3.05) is 0 Å². The Balaban J connectivity index is 0. The summed E-state index contributed by atoms with van der Waals surface area (Å²) in [7, 11) is 0. The molecule has 0 heterocycles. The summed E-state index contributed by atoms with van der Waals surface area (Å²) in [6.07, 6.45) is 0. The summed E-state index contributed by atoms with van der Waals surface area (Å²) in [6, 6.07) is 7.84. The van der Waals surface area contributed by atoms with Gasteiger partial charge in [0.15, 0.2) is 0 Å². The molecule has 1 aromatic carbocycles. The van der Waals surface area contributed by atoms with E-state index in [1.165, 1.54) is 5.56 Å². The van der Waals surface area contributed by atoms with E-state index in [0.29, 0.717) is 0 Å². The Morgan fingerprint density at radius 1 is 1.30 bits per heavy atom. The van der Waals surface area contributed by atoms with Crippen LogP contribution in [-0.2, 0) is 6.61 Å². The molecule has 1 rings (SSSR count). The van der Waals surface area contributed by atoms with Crippen LogP contribution in [0.4, 0.5) is 0 Å². The fourth-order valence-electron chi connectivity index (χ4n) is 0.693. The molecule has 0 aliphatic heterocycles. The predicted molar refractivity (Wildman–Crippen MR) is 38.2 cm³/mol. The van der Waals surface area contributed by atoms with Gasteiger partial charge < -0.3 is 6.53 Å². The predicted octanol–water partition coefficient (Wildman–Crippen LogP) is -1.40. The molecule has 10 heavy (non-hydrogen) atoms. The molecule has 0 amide bonds. The molecular formula is C8H11NaO. The zero-order chi connectivity index (χ0) is 6.69. The molecule has 0 fully saturated rings. The molecule has 1 nitrogen and oxygen atoms in total. The zero-order valence-electron chi connectivity index (χ0n) is 7.46. The third-order valence-electron chi connectivity index (χ3n) is 1.30. The third-order valence-corrected chi connectivity index (χ3v) is 1.30. The summed E-state index contributed by atoms with van der Waals surface area (Å²) < 4.78 is 0. The van der Waals surface area contributed by atoms with E-state index < -0.39 is 0 Å². The second kappa shape index (κ2) is 4.91. The van der Waals surface area contributed by atoms with Gasteiger partial charge in [0, 0.05) is 0 Å². The van der Waals surface area contributed by atoms with E-state index in [1.807, 2.05) is 31.2 Å². The Labute approximate surface area is 84.9 Å². The number of aliphatic hydroxyl groups excluding tert-OH is 1. The van der Waals surface area contributed by atoms with Gasteiger partial charge in [-0.25, -0.2) is 0 Å². The van der Waals surface area contributed by atoms with Crippen molar-refractivity contribution in [1.29, 1.82) is 0 Å². The van der Waals surface area contributed by atoms with Crippen molar-refractivity contribution in [3.05, 3.63) is 35.4 Å². The van der Waals surface area contributed by atoms with Gasteiger partial charge in [0.2, 0.25) is 0 Å². The van der Waals surface area contributed by atoms with Crippen LogP contribution in [0.5, 0.6) is 0 Å². The summed E-state index contributed by atoms with van der Waals surface area (Å²) in [6.45, 7) is 2.17. The van der Waals surface area contributed by atoms with Crippen LogP contribution < -0.4 is 29.6 Å². The average molecular weight is 146 g/mol. The Morgan fingerprint density at radius 2 is 1.80 bits per heavy atom. The van der Waals surface area contributed by atoms with Crippen molar-refractivity contribution in [2.24, 2.45) is 0 Å². The molecule has 0 radical (unpaired) electrons. The van der Waals surface area contributed by atoms with Gasteiger partial charge in [0.1, 0.15) is 0 Å². The molecule has 0 saturated carbocycles. The SMILES string of the molecule is Cc1ccc(CO)cc1.[H-].[Na+]. The molecule has 0 aromatic heterocycles. The maximum atomic E-state index is 8.63. The van der Waals surface area contributed by atoms with Crippen LogP contribution in [0.25, 0.3) is 0 Å². The molecule has 50 valence electrons. The molecule has 1 N–H and O–H groups in total. The molecule has 0 atom stereocenters. The Hall–Kier alpha value is 0.180. The minimum absolute atomic E-state index is 0. The molecule has 2 heteroatoms. The number of rotatable bonds is 1. The monoisotopic (exact) mass is 146 g/mol. The van der Waals surface area contributed by atoms with Gasteiger partial charge in [-0.15, -0.1) is 0 Å². The quantitative estimate of drug-likeness (QED) is 0.483. The minimum atomic E-state index is 0. The minimum Gasteiger partial charge on any atom is -1.00 e. The van der Waals surface area contributed by atoms with E-state index in [0.717, 1.165) is 5.56 Å². The van der Waals surface area contributed by atoms with E-state index in [2.05, 4.69) is 0 Å². The molecular weight excluding hydrogens is 135 g/mol. The van der Waals surface area contributed by atoms with Gasteiger partial charge in [0.25, 0.3) is 0 Å². The molecule has 0 spiro atoms. The van der Waals surface area contributed by atoms with E-state index in [1.54, 1.807) is 0 Å². The first-order chi connectivity index (χ1) is 4.33. The van der Waals surface area contributed by atoms with Crippen LogP contribution in [0.15, 0.2) is 24.3 Å². The van der Waals surface area contributed by atoms with E-state index in [-0.39, 0.29) is 37.6 Å². The number of aryl methyl sites for hydroxylation is 1. The third kappa shape index (κ3) is 2.84. The van der Waals surface area contributed by atoms with E-state index in [9.17, 15) is 0 Å². The number of hydrogen-bond donors (Lipinski definition) is 1. The number of aliphatic hydroxyl groups is 1. The van der Waals surface area contributed by atoms with Crippen molar-refractivity contribution < 1.29 is 36.1 Å². The summed E-state index contributed by atoms with van der Waals surface area (Å²) in [5.41, 5.74) is 2.20. The van der Waals surface area contributed by atoms with Gasteiger partial charge in [0.05, 0.1) is 6.61 Å². The first kappa shape index (κ1) is 10.2. The van der Waals surface area contributed by atoms with Crippen LogP contribution in [0.2, 0.25) is 0 Å². The molecule has 0 bridgehead atoms. The van der Waals surface area contributed by atoms with Gasteiger partial charge in [-0.1, -0.05) is 29.8 Å². The van der Waals surface area contributed by atoms with Crippen molar-refractivity contribution in [3.63, 3.8) is 0 Å². The second-order valence-corrected chi connectivity index (χ2v) is 2.14. The van der Waals surface area contributed by atoms with Gasteiger partial charge in [-0.05, 0) is 12.5 Å². The Morgan fingerprint density at radius 3 is 2.20 bits per heavy atom. The Kier molecular flexibility index (Phi) is 5.00. The van der Waals surface area contributed by atoms with Gasteiger partial charge >= 0.3 is 29.6 Å². The standard InChI is InChI=1S/C8H10O.Na.H/c1-7-2-4-8(6-9)5-3-7;;/h2-5,9H,6H2,1H3;;/q;+1;-1. The van der Waals surface area contributed by atoms with E-state index in [4.69, 9.17) is 5.11 Å². The average Bonchev–Trinajstić information content (AvgIpc) is 1.90. The van der Waals surface area contributed by atoms with E-state index >= 15 is 0 Å². The Bertz CT molecular complexity index is 186. The van der Waals surface area contributed by atoms with Crippen molar-refractivity contribution >= 4 is 0 Å². The van der Waals surface area contributed by atoms with Crippen molar-refractivity contribution in [3.8, 4) is 0 Å². The summed E-state index contributed by atoms with van der Waals surface area (Å²) >= 11 is 0. The zero-order valence-corrected chi connectivity index (χ0v) is 8.46. The van der Waals surface area contributed by atoms with Crippen LogP contribution in [0, 0.1) is 6.92 Å². The molecule has 0 saturated heterocycles. The molecule has 1 aromatic rings. The second-order valence-electron chi connectivity index (χ2n) is 2.14. The maximum absolute atomic E-state index is 8.63. The topological polar surface area (TPSA) is 20.2 Å². The van der Waals surface area contributed by atoms with Crippen LogP contribution in [0.3, 0.4) is 0 Å². The fraction of sp³-hybridized carbons (Fsp3) is 0.250. The van der Waals surface area contributed by atoms with Crippen molar-refractivity contribution in [2.45, 2.75) is 13.5 Å². The molecule has 0 aliphatic rings.